The van der Waals surface area contributed by atoms with Crippen molar-refractivity contribution in [2.24, 2.45) is 5.92 Å². The second kappa shape index (κ2) is 8.10. The Morgan fingerprint density at radius 2 is 2.07 bits per heavy atom. The Morgan fingerprint density at radius 1 is 1.33 bits per heavy atom. The summed E-state index contributed by atoms with van der Waals surface area (Å²) in [5.74, 6) is 0.123. The van der Waals surface area contributed by atoms with Gasteiger partial charge >= 0.3 is 0 Å². The molecule has 3 rings (SSSR count). The molecule has 8 nitrogen and oxygen atoms in total. The number of aromatic nitrogens is 2. The summed E-state index contributed by atoms with van der Waals surface area (Å²) >= 11 is 0. The Labute approximate surface area is 159 Å². The van der Waals surface area contributed by atoms with Crippen LogP contribution in [0.5, 0.6) is 5.75 Å². The highest BCUT2D eigenvalue weighted by Gasteiger charge is 2.34. The van der Waals surface area contributed by atoms with E-state index in [4.69, 9.17) is 4.74 Å². The van der Waals surface area contributed by atoms with E-state index in [0.717, 1.165) is 0 Å². The lowest BCUT2D eigenvalue weighted by Gasteiger charge is -2.30. The third kappa shape index (κ3) is 4.30. The van der Waals surface area contributed by atoms with Crippen molar-refractivity contribution in [1.29, 1.82) is 0 Å². The van der Waals surface area contributed by atoms with Crippen LogP contribution in [-0.4, -0.2) is 48.4 Å². The van der Waals surface area contributed by atoms with Crippen LogP contribution in [0, 0.1) is 5.92 Å². The molecule has 1 saturated heterocycles. The van der Waals surface area contributed by atoms with Crippen molar-refractivity contribution in [2.45, 2.75) is 31.3 Å². The quantitative estimate of drug-likeness (QED) is 0.811. The number of carbonyl (C=O) groups is 1. The smallest absolute Gasteiger partial charge is 0.262 e. The molecule has 0 aliphatic carbocycles. The predicted molar refractivity (Wildman–Crippen MR) is 101 cm³/mol. The van der Waals surface area contributed by atoms with Crippen molar-refractivity contribution in [1.82, 2.24) is 13.9 Å². The molecule has 1 N–H and O–H groups in total. The van der Waals surface area contributed by atoms with Crippen molar-refractivity contribution in [3.05, 3.63) is 36.8 Å². The SMILES string of the molecule is CCn1cnc(S(=O)(=O)N2CCC[C@@H](C(=O)Nc3ccc(OC)cc3)C2)c1. The maximum atomic E-state index is 12.8. The average molecular weight is 392 g/mol. The lowest BCUT2D eigenvalue weighted by molar-refractivity contribution is -0.120. The summed E-state index contributed by atoms with van der Waals surface area (Å²) in [7, 11) is -2.12. The van der Waals surface area contributed by atoms with Gasteiger partial charge in [-0.2, -0.15) is 4.31 Å². The van der Waals surface area contributed by atoms with Gasteiger partial charge in [-0.25, -0.2) is 13.4 Å². The molecule has 1 atom stereocenters. The molecule has 0 spiro atoms. The number of aryl methyl sites for hydroxylation is 1. The maximum Gasteiger partial charge on any atom is 0.262 e. The average Bonchev–Trinajstić information content (AvgIpc) is 3.19. The summed E-state index contributed by atoms with van der Waals surface area (Å²) in [5, 5.41) is 2.88. The van der Waals surface area contributed by atoms with Gasteiger partial charge in [0.2, 0.25) is 5.91 Å². The third-order valence-electron chi connectivity index (χ3n) is 4.69. The molecule has 2 heterocycles. The first kappa shape index (κ1) is 19.4. The Bertz CT molecular complexity index is 892. The van der Waals surface area contributed by atoms with Gasteiger partial charge in [0.05, 0.1) is 19.4 Å². The van der Waals surface area contributed by atoms with Crippen LogP contribution in [0.3, 0.4) is 0 Å². The van der Waals surface area contributed by atoms with E-state index in [1.165, 1.54) is 16.8 Å². The summed E-state index contributed by atoms with van der Waals surface area (Å²) < 4.78 is 33.8. The van der Waals surface area contributed by atoms with Crippen LogP contribution in [0.1, 0.15) is 19.8 Å². The summed E-state index contributed by atoms with van der Waals surface area (Å²) in [6.07, 6.45) is 4.31. The number of piperidine rings is 1. The van der Waals surface area contributed by atoms with Crippen LogP contribution in [0.4, 0.5) is 5.69 Å². The molecule has 0 bridgehead atoms. The molecule has 27 heavy (non-hydrogen) atoms. The number of amides is 1. The van der Waals surface area contributed by atoms with Crippen LogP contribution in [0.25, 0.3) is 0 Å². The number of rotatable bonds is 6. The highest BCUT2D eigenvalue weighted by Crippen LogP contribution is 2.24. The minimum Gasteiger partial charge on any atom is -0.497 e. The standard InChI is InChI=1S/C18H24N4O4S/c1-3-21-12-17(19-13-21)27(24,25)22-10-4-5-14(11-22)18(23)20-15-6-8-16(26-2)9-7-15/h6-9,12-14H,3-5,10-11H2,1-2H3,(H,20,23)/t14-/m1/s1. The van der Waals surface area contributed by atoms with Gasteiger partial charge in [-0.05, 0) is 44.0 Å². The number of nitrogens with zero attached hydrogens (tertiary/aromatic N) is 3. The lowest BCUT2D eigenvalue weighted by Crippen LogP contribution is -2.43. The minimum absolute atomic E-state index is 0.0283. The van der Waals surface area contributed by atoms with Crippen molar-refractivity contribution < 1.29 is 17.9 Å². The van der Waals surface area contributed by atoms with E-state index in [1.807, 2.05) is 6.92 Å². The maximum absolute atomic E-state index is 12.8. The second-order valence-electron chi connectivity index (χ2n) is 6.46. The number of anilines is 1. The molecule has 1 aliphatic heterocycles. The molecule has 1 fully saturated rings. The Hall–Kier alpha value is -2.39. The van der Waals surface area contributed by atoms with Crippen LogP contribution in [0.2, 0.25) is 0 Å². The summed E-state index contributed by atoms with van der Waals surface area (Å²) in [6, 6.07) is 7.03. The van der Waals surface area contributed by atoms with Gasteiger partial charge in [-0.15, -0.1) is 0 Å². The first-order valence-electron chi connectivity index (χ1n) is 8.91. The summed E-state index contributed by atoms with van der Waals surface area (Å²) in [5.41, 5.74) is 0.655. The van der Waals surface area contributed by atoms with Gasteiger partial charge in [0.25, 0.3) is 10.0 Å². The number of benzene rings is 1. The van der Waals surface area contributed by atoms with Gasteiger partial charge in [0.1, 0.15) is 5.75 Å². The van der Waals surface area contributed by atoms with E-state index in [1.54, 1.807) is 35.9 Å². The predicted octanol–water partition coefficient (Wildman–Crippen LogP) is 1.95. The largest absolute Gasteiger partial charge is 0.497 e. The fourth-order valence-corrected chi connectivity index (χ4v) is 4.53. The van der Waals surface area contributed by atoms with Crippen LogP contribution < -0.4 is 10.1 Å². The van der Waals surface area contributed by atoms with E-state index in [-0.39, 0.29) is 17.5 Å². The molecule has 2 aromatic rings. The number of imidazole rings is 1. The van der Waals surface area contributed by atoms with E-state index >= 15 is 0 Å². The fraction of sp³-hybridized carbons (Fsp3) is 0.444. The van der Waals surface area contributed by atoms with E-state index < -0.39 is 15.9 Å². The van der Waals surface area contributed by atoms with Crippen molar-refractivity contribution in [3.8, 4) is 5.75 Å². The van der Waals surface area contributed by atoms with Gasteiger partial charge < -0.3 is 14.6 Å². The minimum atomic E-state index is -3.69. The number of nitrogens with one attached hydrogen (secondary N) is 1. The molecule has 0 radical (unpaired) electrons. The number of hydrogen-bond acceptors (Lipinski definition) is 5. The Kier molecular flexibility index (Phi) is 5.81. The molecule has 0 saturated carbocycles. The molecule has 1 amide bonds. The molecule has 0 unspecified atom stereocenters. The summed E-state index contributed by atoms with van der Waals surface area (Å²) in [6.45, 7) is 3.12. The van der Waals surface area contributed by atoms with Gasteiger partial charge in [-0.3, -0.25) is 4.79 Å². The zero-order valence-corrected chi connectivity index (χ0v) is 16.3. The zero-order valence-electron chi connectivity index (χ0n) is 15.5. The molecule has 9 heteroatoms. The van der Waals surface area contributed by atoms with E-state index in [9.17, 15) is 13.2 Å². The topological polar surface area (TPSA) is 93.5 Å². The zero-order chi connectivity index (χ0) is 19.4. The van der Waals surface area contributed by atoms with Crippen LogP contribution in [-0.2, 0) is 21.4 Å². The van der Waals surface area contributed by atoms with Crippen LogP contribution >= 0.6 is 0 Å². The number of ether oxygens (including phenoxy) is 1. The first-order valence-corrected chi connectivity index (χ1v) is 10.3. The Balaban J connectivity index is 1.68. The Morgan fingerprint density at radius 3 is 2.70 bits per heavy atom. The highest BCUT2D eigenvalue weighted by atomic mass is 32.2. The first-order chi connectivity index (χ1) is 12.9. The molecular formula is C18H24N4O4S. The number of methoxy groups -OCH3 is 1. The summed E-state index contributed by atoms with van der Waals surface area (Å²) in [4.78, 5) is 16.6. The van der Waals surface area contributed by atoms with Crippen molar-refractivity contribution in [3.63, 3.8) is 0 Å². The molecule has 146 valence electrons. The second-order valence-corrected chi connectivity index (χ2v) is 8.35. The highest BCUT2D eigenvalue weighted by molar-refractivity contribution is 7.89. The number of carbonyl (C=O) groups excluding carboxylic acids is 1. The fourth-order valence-electron chi connectivity index (χ4n) is 3.07. The normalized spacial score (nSPS) is 18.2. The molecule has 1 aromatic heterocycles. The monoisotopic (exact) mass is 392 g/mol. The molecule has 1 aromatic carbocycles. The van der Waals surface area contributed by atoms with Crippen molar-refractivity contribution >= 4 is 21.6 Å². The van der Waals surface area contributed by atoms with Crippen LogP contribution in [0.15, 0.2) is 41.8 Å². The molecule has 1 aliphatic rings. The number of sulfonamides is 1. The molecular weight excluding hydrogens is 368 g/mol. The van der Waals surface area contributed by atoms with Gasteiger partial charge in [-0.1, -0.05) is 0 Å². The van der Waals surface area contributed by atoms with Crippen molar-refractivity contribution in [2.75, 3.05) is 25.5 Å². The number of hydrogen-bond donors (Lipinski definition) is 1. The van der Waals surface area contributed by atoms with Gasteiger partial charge in [0.15, 0.2) is 5.03 Å². The third-order valence-corrected chi connectivity index (χ3v) is 6.44. The van der Waals surface area contributed by atoms with Gasteiger partial charge in [0, 0.05) is 31.5 Å². The van der Waals surface area contributed by atoms with E-state index in [2.05, 4.69) is 10.3 Å². The lowest BCUT2D eigenvalue weighted by atomic mass is 9.99. The van der Waals surface area contributed by atoms with E-state index in [0.29, 0.717) is 37.4 Å².